The van der Waals surface area contributed by atoms with Gasteiger partial charge in [0.05, 0.1) is 40.4 Å². The lowest BCUT2D eigenvalue weighted by atomic mass is 9.99. The molecule has 1 amide bonds. The van der Waals surface area contributed by atoms with Gasteiger partial charge in [0, 0.05) is 55.8 Å². The number of pyridine rings is 2. The third-order valence-electron chi connectivity index (χ3n) is 8.11. The first kappa shape index (κ1) is 29.9. The maximum Gasteiger partial charge on any atom is 0.251 e. The Kier molecular flexibility index (Phi) is 9.26. The number of amides is 1. The molecule has 6 rings (SSSR count). The summed E-state index contributed by atoms with van der Waals surface area (Å²) in [6.07, 6.45) is 4.55. The summed E-state index contributed by atoms with van der Waals surface area (Å²) < 4.78 is 4.48. The molecule has 9 heteroatoms. The van der Waals surface area contributed by atoms with Crippen LogP contribution < -0.4 is 14.9 Å². The molecule has 0 bridgehead atoms. The van der Waals surface area contributed by atoms with E-state index in [9.17, 15) is 9.90 Å². The number of carbonyl (C=O) groups excluding carboxylic acids is 1. The lowest BCUT2D eigenvalue weighted by molar-refractivity contribution is 0.0830. The van der Waals surface area contributed by atoms with Gasteiger partial charge in [0.1, 0.15) is 0 Å². The molecule has 1 aliphatic rings. The maximum absolute atomic E-state index is 13.9. The second-order valence-corrected chi connectivity index (χ2v) is 12.3. The third kappa shape index (κ3) is 6.65. The SMILES string of the molecule is CCc1cn2c3c(cc(C(=O)N[C@@H](Cc4ccccc4)[C@H](O)CNCc4cccc(-c5ccccn5)n4)cc13)N(C)SCC2. The number of rotatable bonds is 11. The molecular formula is C35H38N6O2S. The Bertz CT molecular complexity index is 1730. The molecule has 8 nitrogen and oxygen atoms in total. The molecule has 4 heterocycles. The summed E-state index contributed by atoms with van der Waals surface area (Å²) in [5.41, 5.74) is 7.57. The highest BCUT2D eigenvalue weighted by Gasteiger charge is 2.25. The quantitative estimate of drug-likeness (QED) is 0.177. The molecule has 0 saturated heterocycles. The highest BCUT2D eigenvalue weighted by molar-refractivity contribution is 8.00. The number of carbonyl (C=O) groups is 1. The van der Waals surface area contributed by atoms with Crippen molar-refractivity contribution >= 4 is 34.4 Å². The smallest absolute Gasteiger partial charge is 0.251 e. The number of anilines is 1. The van der Waals surface area contributed by atoms with Crippen LogP contribution >= 0.6 is 11.9 Å². The summed E-state index contributed by atoms with van der Waals surface area (Å²) in [4.78, 5) is 23.0. The number of benzene rings is 2. The molecule has 226 valence electrons. The summed E-state index contributed by atoms with van der Waals surface area (Å²) in [7, 11) is 2.06. The topological polar surface area (TPSA) is 95.3 Å². The van der Waals surface area contributed by atoms with Crippen LogP contribution in [-0.4, -0.2) is 57.0 Å². The number of aromatic nitrogens is 3. The Balaban J connectivity index is 1.20. The highest BCUT2D eigenvalue weighted by atomic mass is 32.2. The van der Waals surface area contributed by atoms with E-state index in [1.165, 1.54) is 11.1 Å². The summed E-state index contributed by atoms with van der Waals surface area (Å²) >= 11 is 1.76. The lowest BCUT2D eigenvalue weighted by Gasteiger charge is -2.25. The Labute approximate surface area is 262 Å². The standard InChI is InChI=1S/C35H38N6O2S/c1-3-25-23-41-16-17-44-40(2)32-20-26(19-28(25)34(32)41)35(43)39-31(18-24-10-5-4-6-11-24)33(42)22-36-21-27-12-9-14-30(38-27)29-13-7-8-15-37-29/h4-15,19-20,23,31,33,36,42H,3,16-18,21-22H2,1-2H3,(H,39,43)/t31-,33+/m0/s1. The molecule has 5 aromatic rings. The van der Waals surface area contributed by atoms with Gasteiger partial charge in [-0.3, -0.25) is 9.78 Å². The summed E-state index contributed by atoms with van der Waals surface area (Å²) in [5.74, 6) is 0.784. The van der Waals surface area contributed by atoms with E-state index in [1.54, 1.807) is 18.1 Å². The first-order chi connectivity index (χ1) is 21.5. The minimum absolute atomic E-state index is 0.190. The number of aryl methyl sites for hydroxylation is 2. The van der Waals surface area contributed by atoms with Gasteiger partial charge in [0.25, 0.3) is 5.91 Å². The van der Waals surface area contributed by atoms with Gasteiger partial charge < -0.3 is 24.6 Å². The van der Waals surface area contributed by atoms with Crippen LogP contribution in [0.15, 0.2) is 91.3 Å². The van der Waals surface area contributed by atoms with E-state index in [0.29, 0.717) is 25.1 Å². The van der Waals surface area contributed by atoms with E-state index in [-0.39, 0.29) is 5.91 Å². The lowest BCUT2D eigenvalue weighted by Crippen LogP contribution is -2.48. The highest BCUT2D eigenvalue weighted by Crippen LogP contribution is 2.37. The van der Waals surface area contributed by atoms with Crippen molar-refractivity contribution in [3.05, 3.63) is 114 Å². The fourth-order valence-corrected chi connectivity index (χ4v) is 6.62. The van der Waals surface area contributed by atoms with Gasteiger partial charge in [-0.1, -0.05) is 49.4 Å². The van der Waals surface area contributed by atoms with Crippen molar-refractivity contribution in [1.29, 1.82) is 0 Å². The van der Waals surface area contributed by atoms with Gasteiger partial charge in [-0.2, -0.15) is 0 Å². The van der Waals surface area contributed by atoms with Crippen LogP contribution in [-0.2, 0) is 25.9 Å². The Morgan fingerprint density at radius 2 is 1.86 bits per heavy atom. The molecule has 44 heavy (non-hydrogen) atoms. The van der Waals surface area contributed by atoms with Gasteiger partial charge in [0.2, 0.25) is 0 Å². The Morgan fingerprint density at radius 3 is 2.66 bits per heavy atom. The molecule has 3 aromatic heterocycles. The molecule has 0 unspecified atom stereocenters. The number of nitrogens with zero attached hydrogens (tertiary/aromatic N) is 4. The largest absolute Gasteiger partial charge is 0.390 e. The van der Waals surface area contributed by atoms with E-state index in [1.807, 2.05) is 78.9 Å². The normalized spacial score (nSPS) is 14.3. The van der Waals surface area contributed by atoms with Gasteiger partial charge in [-0.05, 0) is 72.3 Å². The molecule has 0 radical (unpaired) electrons. The molecule has 1 aliphatic heterocycles. The van der Waals surface area contributed by atoms with Crippen LogP contribution in [0.4, 0.5) is 5.69 Å². The predicted octanol–water partition coefficient (Wildman–Crippen LogP) is 5.25. The van der Waals surface area contributed by atoms with Gasteiger partial charge in [-0.15, -0.1) is 0 Å². The Hall–Kier alpha value is -4.18. The third-order valence-corrected chi connectivity index (χ3v) is 9.06. The number of aliphatic hydroxyl groups is 1. The summed E-state index contributed by atoms with van der Waals surface area (Å²) in [6.45, 7) is 3.86. The molecule has 0 fully saturated rings. The predicted molar refractivity (Wildman–Crippen MR) is 179 cm³/mol. The maximum atomic E-state index is 13.9. The second-order valence-electron chi connectivity index (χ2n) is 11.1. The van der Waals surface area contributed by atoms with Crippen molar-refractivity contribution in [2.45, 2.75) is 45.0 Å². The van der Waals surface area contributed by atoms with E-state index < -0.39 is 12.1 Å². The minimum Gasteiger partial charge on any atom is -0.390 e. The van der Waals surface area contributed by atoms with Gasteiger partial charge in [-0.25, -0.2) is 4.98 Å². The zero-order valence-corrected chi connectivity index (χ0v) is 25.9. The summed E-state index contributed by atoms with van der Waals surface area (Å²) in [6, 6.07) is 25.1. The fourth-order valence-electron chi connectivity index (χ4n) is 5.79. The summed E-state index contributed by atoms with van der Waals surface area (Å²) in [5, 5.41) is 19.0. The van der Waals surface area contributed by atoms with E-state index in [0.717, 1.165) is 52.4 Å². The zero-order valence-electron chi connectivity index (χ0n) is 25.1. The second kappa shape index (κ2) is 13.6. The molecule has 0 aliphatic carbocycles. The number of hydrogen-bond donors (Lipinski definition) is 3. The van der Waals surface area contributed by atoms with E-state index in [2.05, 4.69) is 44.7 Å². The van der Waals surface area contributed by atoms with Crippen LogP contribution in [0.25, 0.3) is 22.3 Å². The van der Waals surface area contributed by atoms with Crippen molar-refractivity contribution in [3.63, 3.8) is 0 Å². The van der Waals surface area contributed by atoms with Crippen LogP contribution in [0, 0.1) is 0 Å². The van der Waals surface area contributed by atoms with Gasteiger partial charge >= 0.3 is 0 Å². The van der Waals surface area contributed by atoms with Crippen molar-refractivity contribution in [2.24, 2.45) is 0 Å². The van der Waals surface area contributed by atoms with Crippen LogP contribution in [0.2, 0.25) is 0 Å². The molecule has 2 aromatic carbocycles. The molecule has 3 N–H and O–H groups in total. The average Bonchev–Trinajstić information content (AvgIpc) is 3.33. The van der Waals surface area contributed by atoms with Crippen molar-refractivity contribution < 1.29 is 9.90 Å². The first-order valence-electron chi connectivity index (χ1n) is 15.1. The number of aliphatic hydroxyl groups excluding tert-OH is 1. The van der Waals surface area contributed by atoms with E-state index in [4.69, 9.17) is 4.98 Å². The average molecular weight is 607 g/mol. The Morgan fingerprint density at radius 1 is 1.05 bits per heavy atom. The van der Waals surface area contributed by atoms with Gasteiger partial charge in [0.15, 0.2) is 0 Å². The van der Waals surface area contributed by atoms with Crippen LogP contribution in [0.3, 0.4) is 0 Å². The van der Waals surface area contributed by atoms with Crippen molar-refractivity contribution in [1.82, 2.24) is 25.2 Å². The van der Waals surface area contributed by atoms with Crippen LogP contribution in [0.1, 0.15) is 34.1 Å². The number of hydrogen-bond acceptors (Lipinski definition) is 7. The monoisotopic (exact) mass is 606 g/mol. The molecule has 0 spiro atoms. The minimum atomic E-state index is -0.825. The fraction of sp³-hybridized carbons (Fsp3) is 0.286. The first-order valence-corrected chi connectivity index (χ1v) is 16.1. The van der Waals surface area contributed by atoms with E-state index >= 15 is 0 Å². The molecular weight excluding hydrogens is 568 g/mol. The zero-order chi connectivity index (χ0) is 30.5. The molecule has 2 atom stereocenters. The number of nitrogens with one attached hydrogen (secondary N) is 2. The molecule has 0 saturated carbocycles. The van der Waals surface area contributed by atoms with Crippen molar-refractivity contribution in [3.8, 4) is 11.4 Å². The van der Waals surface area contributed by atoms with Crippen molar-refractivity contribution in [2.75, 3.05) is 23.7 Å². The van der Waals surface area contributed by atoms with Crippen LogP contribution in [0.5, 0.6) is 0 Å².